The Labute approximate surface area is 200 Å². The fourth-order valence-electron chi connectivity index (χ4n) is 4.53. The van der Waals surface area contributed by atoms with Crippen molar-refractivity contribution in [3.63, 3.8) is 0 Å². The number of non-ortho nitro benzene ring substituents is 1. The number of hydrogen-bond donors (Lipinski definition) is 0. The second-order valence-electron chi connectivity index (χ2n) is 8.52. The van der Waals surface area contributed by atoms with Gasteiger partial charge in [0.15, 0.2) is 5.43 Å². The lowest BCUT2D eigenvalue weighted by Crippen LogP contribution is -2.31. The SMILES string of the molecule is COc1ccc(CCN2C(=O)c3oc4ccc(C)cc4c(=O)c3[C@H]2c2ccc([N+](=O)[O-])cc2)cc1. The first-order valence-corrected chi connectivity index (χ1v) is 11.1. The highest BCUT2D eigenvalue weighted by Gasteiger charge is 2.42. The maximum atomic E-state index is 13.6. The molecule has 8 heteroatoms. The number of nitrogens with zero attached hydrogens (tertiary/aromatic N) is 2. The van der Waals surface area contributed by atoms with Gasteiger partial charge in [-0.05, 0) is 60.9 Å². The fraction of sp³-hybridized carbons (Fsp3) is 0.185. The molecule has 8 nitrogen and oxygen atoms in total. The number of hydrogen-bond acceptors (Lipinski definition) is 6. The summed E-state index contributed by atoms with van der Waals surface area (Å²) >= 11 is 0. The van der Waals surface area contributed by atoms with Crippen LogP contribution < -0.4 is 10.2 Å². The van der Waals surface area contributed by atoms with E-state index in [0.29, 0.717) is 29.5 Å². The van der Waals surface area contributed by atoms with E-state index in [9.17, 15) is 19.7 Å². The minimum Gasteiger partial charge on any atom is -0.497 e. The molecule has 1 aliphatic rings. The third-order valence-corrected chi connectivity index (χ3v) is 6.34. The van der Waals surface area contributed by atoms with E-state index in [0.717, 1.165) is 16.9 Å². The first-order valence-electron chi connectivity index (χ1n) is 11.1. The Kier molecular flexibility index (Phi) is 5.56. The number of carbonyl (C=O) groups is 1. The minimum absolute atomic E-state index is 0.0180. The van der Waals surface area contributed by atoms with Crippen LogP contribution in [0.2, 0.25) is 0 Å². The van der Waals surface area contributed by atoms with Gasteiger partial charge in [0.25, 0.3) is 11.6 Å². The van der Waals surface area contributed by atoms with Crippen LogP contribution in [-0.4, -0.2) is 29.4 Å². The Morgan fingerprint density at radius 1 is 1.03 bits per heavy atom. The van der Waals surface area contributed by atoms with Gasteiger partial charge in [0.05, 0.1) is 29.0 Å². The average molecular weight is 470 g/mol. The standard InChI is InChI=1S/C27H22N2O6/c1-16-3-12-22-21(15-16)25(30)23-24(18-6-8-19(9-7-18)29(32)33)28(27(31)26(23)35-22)14-13-17-4-10-20(34-2)11-5-17/h3-12,15,24H,13-14H2,1-2H3/t24-/m1/s1. The molecule has 176 valence electrons. The first kappa shape index (κ1) is 22.3. The quantitative estimate of drug-likeness (QED) is 0.296. The molecule has 0 fully saturated rings. The molecule has 0 saturated heterocycles. The van der Waals surface area contributed by atoms with Crippen LogP contribution in [-0.2, 0) is 6.42 Å². The van der Waals surface area contributed by atoms with E-state index in [4.69, 9.17) is 9.15 Å². The number of methoxy groups -OCH3 is 1. The zero-order valence-corrected chi connectivity index (χ0v) is 19.2. The van der Waals surface area contributed by atoms with Gasteiger partial charge >= 0.3 is 0 Å². The summed E-state index contributed by atoms with van der Waals surface area (Å²) in [5.41, 5.74) is 2.79. The van der Waals surface area contributed by atoms with Gasteiger partial charge in [-0.3, -0.25) is 19.7 Å². The number of amides is 1. The van der Waals surface area contributed by atoms with Crippen molar-refractivity contribution in [3.8, 4) is 5.75 Å². The lowest BCUT2D eigenvalue weighted by atomic mass is 9.97. The molecule has 2 heterocycles. The Morgan fingerprint density at radius 2 is 1.74 bits per heavy atom. The topological polar surface area (TPSA) is 103 Å². The molecule has 4 aromatic rings. The van der Waals surface area contributed by atoms with E-state index >= 15 is 0 Å². The van der Waals surface area contributed by atoms with Crippen LogP contribution in [0.4, 0.5) is 5.69 Å². The molecular weight excluding hydrogens is 448 g/mol. The highest BCUT2D eigenvalue weighted by Crippen LogP contribution is 2.38. The van der Waals surface area contributed by atoms with E-state index in [1.165, 1.54) is 12.1 Å². The van der Waals surface area contributed by atoms with Crippen molar-refractivity contribution in [2.24, 2.45) is 0 Å². The summed E-state index contributed by atoms with van der Waals surface area (Å²) in [6, 6.07) is 18.1. The van der Waals surface area contributed by atoms with E-state index in [1.54, 1.807) is 36.3 Å². The maximum absolute atomic E-state index is 13.6. The molecule has 0 aliphatic carbocycles. The molecule has 0 saturated carbocycles. The van der Waals surface area contributed by atoms with Gasteiger partial charge in [-0.15, -0.1) is 0 Å². The van der Waals surface area contributed by atoms with Gasteiger partial charge in [0.2, 0.25) is 5.76 Å². The predicted octanol–water partition coefficient (Wildman–Crippen LogP) is 4.81. The molecule has 0 unspecified atom stereocenters. The summed E-state index contributed by atoms with van der Waals surface area (Å²) < 4.78 is 11.2. The molecule has 0 N–H and O–H groups in total. The molecule has 0 radical (unpaired) electrons. The van der Waals surface area contributed by atoms with Gasteiger partial charge in [0, 0.05) is 18.7 Å². The molecule has 1 amide bonds. The lowest BCUT2D eigenvalue weighted by molar-refractivity contribution is -0.384. The molecule has 1 aliphatic heterocycles. The number of carbonyl (C=O) groups excluding carboxylic acids is 1. The number of fused-ring (bicyclic) bond motifs is 2. The number of ether oxygens (including phenoxy) is 1. The number of nitro benzene ring substituents is 1. The van der Waals surface area contributed by atoms with Gasteiger partial charge in [-0.25, -0.2) is 0 Å². The van der Waals surface area contributed by atoms with E-state index in [1.807, 2.05) is 37.3 Å². The third-order valence-electron chi connectivity index (χ3n) is 6.34. The maximum Gasteiger partial charge on any atom is 0.290 e. The van der Waals surface area contributed by atoms with Crippen LogP contribution >= 0.6 is 0 Å². The largest absolute Gasteiger partial charge is 0.497 e. The van der Waals surface area contributed by atoms with Crippen molar-refractivity contribution in [2.45, 2.75) is 19.4 Å². The van der Waals surface area contributed by atoms with Crippen LogP contribution in [0.1, 0.15) is 38.9 Å². The molecular formula is C27H22N2O6. The van der Waals surface area contributed by atoms with E-state index < -0.39 is 11.0 Å². The van der Waals surface area contributed by atoms with E-state index in [-0.39, 0.29) is 28.3 Å². The predicted molar refractivity (Wildman–Crippen MR) is 130 cm³/mol. The van der Waals surface area contributed by atoms with Gasteiger partial charge < -0.3 is 14.1 Å². The molecule has 3 aromatic carbocycles. The van der Waals surface area contributed by atoms with Crippen molar-refractivity contribution < 1.29 is 18.9 Å². The fourth-order valence-corrected chi connectivity index (χ4v) is 4.53. The summed E-state index contributed by atoms with van der Waals surface area (Å²) in [5.74, 6) is 0.375. The van der Waals surface area contributed by atoms with Crippen LogP contribution in [0.5, 0.6) is 5.75 Å². The zero-order chi connectivity index (χ0) is 24.7. The van der Waals surface area contributed by atoms with Crippen LogP contribution in [0, 0.1) is 17.0 Å². The molecule has 0 bridgehead atoms. The molecule has 35 heavy (non-hydrogen) atoms. The number of aryl methyl sites for hydroxylation is 1. The van der Waals surface area contributed by atoms with Crippen molar-refractivity contribution in [2.75, 3.05) is 13.7 Å². The summed E-state index contributed by atoms with van der Waals surface area (Å²) in [4.78, 5) is 39.4. The van der Waals surface area contributed by atoms with Crippen molar-refractivity contribution in [1.82, 2.24) is 4.90 Å². The zero-order valence-electron chi connectivity index (χ0n) is 19.2. The van der Waals surface area contributed by atoms with Crippen LogP contribution in [0.15, 0.2) is 75.9 Å². The number of benzene rings is 3. The monoisotopic (exact) mass is 470 g/mol. The number of rotatable bonds is 6. The Hall–Kier alpha value is -4.46. The lowest BCUT2D eigenvalue weighted by Gasteiger charge is -2.25. The van der Waals surface area contributed by atoms with Crippen LogP contribution in [0.25, 0.3) is 11.0 Å². The smallest absolute Gasteiger partial charge is 0.290 e. The Morgan fingerprint density at radius 3 is 2.40 bits per heavy atom. The third kappa shape index (κ3) is 3.93. The molecule has 1 aromatic heterocycles. The van der Waals surface area contributed by atoms with E-state index in [2.05, 4.69) is 0 Å². The van der Waals surface area contributed by atoms with Crippen LogP contribution in [0.3, 0.4) is 0 Å². The second-order valence-corrected chi connectivity index (χ2v) is 8.52. The average Bonchev–Trinajstić information content (AvgIpc) is 3.15. The van der Waals surface area contributed by atoms with Crippen molar-refractivity contribution in [3.05, 3.63) is 115 Å². The van der Waals surface area contributed by atoms with Crippen molar-refractivity contribution in [1.29, 1.82) is 0 Å². The summed E-state index contributed by atoms with van der Waals surface area (Å²) in [6.07, 6.45) is 0.542. The molecule has 1 atom stereocenters. The van der Waals surface area contributed by atoms with Gasteiger partial charge in [-0.1, -0.05) is 23.8 Å². The Balaban J connectivity index is 1.60. The number of nitro groups is 1. The molecule has 5 rings (SSSR count). The molecule has 0 spiro atoms. The minimum atomic E-state index is -0.710. The van der Waals surface area contributed by atoms with Gasteiger partial charge in [0.1, 0.15) is 11.3 Å². The second kappa shape index (κ2) is 8.72. The Bertz CT molecular complexity index is 1510. The first-order chi connectivity index (χ1) is 16.9. The van der Waals surface area contributed by atoms with Crippen molar-refractivity contribution >= 4 is 22.6 Å². The van der Waals surface area contributed by atoms with Gasteiger partial charge in [-0.2, -0.15) is 0 Å². The summed E-state index contributed by atoms with van der Waals surface area (Å²) in [5, 5.41) is 11.6. The highest BCUT2D eigenvalue weighted by atomic mass is 16.6. The summed E-state index contributed by atoms with van der Waals surface area (Å²) in [6.45, 7) is 2.21. The highest BCUT2D eigenvalue weighted by molar-refractivity contribution is 5.99. The summed E-state index contributed by atoms with van der Waals surface area (Å²) in [7, 11) is 1.60. The normalized spacial score (nSPS) is 14.9.